The lowest BCUT2D eigenvalue weighted by molar-refractivity contribution is 0.125. The summed E-state index contributed by atoms with van der Waals surface area (Å²) in [6.45, 7) is 1.99. The zero-order valence-corrected chi connectivity index (χ0v) is 13.9. The number of hydrogen-bond acceptors (Lipinski definition) is 3. The minimum Gasteiger partial charge on any atom is -0.394 e. The Labute approximate surface area is 128 Å². The first kappa shape index (κ1) is 15.9. The molecular weight excluding hydrogens is 342 g/mol. The van der Waals surface area contributed by atoms with Crippen molar-refractivity contribution in [2.45, 2.75) is 43.0 Å². The molecule has 0 amide bonds. The van der Waals surface area contributed by atoms with Gasteiger partial charge < -0.3 is 5.11 Å². The predicted molar refractivity (Wildman–Crippen MR) is 81.9 cm³/mol. The molecule has 0 saturated heterocycles. The van der Waals surface area contributed by atoms with Crippen LogP contribution < -0.4 is 4.72 Å². The van der Waals surface area contributed by atoms with E-state index in [4.69, 9.17) is 0 Å². The summed E-state index contributed by atoms with van der Waals surface area (Å²) in [6.07, 6.45) is 3.21. The molecule has 0 atom stereocenters. The Bertz CT molecular complexity index is 566. The predicted octanol–water partition coefficient (Wildman–Crippen LogP) is 2.67. The second-order valence-corrected chi connectivity index (χ2v) is 8.16. The highest BCUT2D eigenvalue weighted by molar-refractivity contribution is 9.10. The van der Waals surface area contributed by atoms with Gasteiger partial charge in [0.1, 0.15) is 0 Å². The molecule has 0 aliphatic heterocycles. The normalized spacial score (nSPS) is 27.4. The van der Waals surface area contributed by atoms with Gasteiger partial charge >= 0.3 is 0 Å². The maximum absolute atomic E-state index is 12.5. The molecule has 20 heavy (non-hydrogen) atoms. The molecule has 1 aliphatic rings. The lowest BCUT2D eigenvalue weighted by atomic mass is 9.78. The Morgan fingerprint density at radius 3 is 2.50 bits per heavy atom. The summed E-state index contributed by atoms with van der Waals surface area (Å²) in [5, 5.41) is 9.67. The maximum Gasteiger partial charge on any atom is 0.242 e. The molecule has 1 aromatic carbocycles. The van der Waals surface area contributed by atoms with Gasteiger partial charge in [0.25, 0.3) is 0 Å². The smallest absolute Gasteiger partial charge is 0.242 e. The summed E-state index contributed by atoms with van der Waals surface area (Å²) < 4.78 is 28.3. The summed E-state index contributed by atoms with van der Waals surface area (Å²) in [5.74, 6) is 0.586. The number of benzene rings is 1. The van der Waals surface area contributed by atoms with Crippen LogP contribution in [0.3, 0.4) is 0 Å². The lowest BCUT2D eigenvalue weighted by Crippen LogP contribution is -2.53. The van der Waals surface area contributed by atoms with Gasteiger partial charge in [-0.15, -0.1) is 0 Å². The van der Waals surface area contributed by atoms with Crippen molar-refractivity contribution in [3.63, 3.8) is 0 Å². The zero-order valence-electron chi connectivity index (χ0n) is 11.5. The van der Waals surface area contributed by atoms with E-state index in [9.17, 15) is 13.5 Å². The van der Waals surface area contributed by atoms with E-state index < -0.39 is 15.6 Å². The maximum atomic E-state index is 12.5. The van der Waals surface area contributed by atoms with Crippen LogP contribution in [0, 0.1) is 5.92 Å². The van der Waals surface area contributed by atoms with Gasteiger partial charge in [-0.25, -0.2) is 13.1 Å². The van der Waals surface area contributed by atoms with Gasteiger partial charge in [-0.2, -0.15) is 0 Å². The third-order valence-corrected chi connectivity index (χ3v) is 6.60. The molecule has 2 rings (SSSR count). The van der Waals surface area contributed by atoms with Gasteiger partial charge in [-0.1, -0.05) is 19.1 Å². The van der Waals surface area contributed by atoms with Crippen LogP contribution in [0.4, 0.5) is 0 Å². The fourth-order valence-corrected chi connectivity index (χ4v) is 5.07. The SMILES string of the molecule is CC1CCC(CO)(NS(=O)(=O)c2ccccc2Br)CC1. The summed E-state index contributed by atoms with van der Waals surface area (Å²) in [4.78, 5) is 0.214. The second kappa shape index (κ2) is 6.13. The molecule has 1 fully saturated rings. The Morgan fingerprint density at radius 2 is 1.95 bits per heavy atom. The summed E-state index contributed by atoms with van der Waals surface area (Å²) in [7, 11) is -3.64. The molecule has 0 heterocycles. The summed E-state index contributed by atoms with van der Waals surface area (Å²) in [6, 6.07) is 6.72. The Morgan fingerprint density at radius 1 is 1.35 bits per heavy atom. The minimum absolute atomic E-state index is 0.163. The number of sulfonamides is 1. The molecule has 6 heteroatoms. The fourth-order valence-electron chi connectivity index (χ4n) is 2.61. The van der Waals surface area contributed by atoms with Crippen molar-refractivity contribution in [2.24, 2.45) is 5.92 Å². The van der Waals surface area contributed by atoms with Crippen LogP contribution in [0.25, 0.3) is 0 Å². The Kier molecular flexibility index (Phi) is 4.89. The average Bonchev–Trinajstić information content (AvgIpc) is 2.42. The number of aliphatic hydroxyl groups excluding tert-OH is 1. The molecule has 112 valence electrons. The standard InChI is InChI=1S/C14H20BrNO3S/c1-11-6-8-14(10-17,9-7-11)16-20(18,19)13-5-3-2-4-12(13)15/h2-5,11,16-17H,6-10H2,1H3. The van der Waals surface area contributed by atoms with Crippen LogP contribution in [0.2, 0.25) is 0 Å². The largest absolute Gasteiger partial charge is 0.394 e. The number of rotatable bonds is 4. The van der Waals surface area contributed by atoms with Gasteiger partial charge in [0.2, 0.25) is 10.0 Å². The Hall–Kier alpha value is -0.430. The van der Waals surface area contributed by atoms with Gasteiger partial charge in [0.05, 0.1) is 17.0 Å². The molecule has 0 spiro atoms. The van der Waals surface area contributed by atoms with Crippen LogP contribution >= 0.6 is 15.9 Å². The Balaban J connectivity index is 2.25. The fraction of sp³-hybridized carbons (Fsp3) is 0.571. The molecular formula is C14H20BrNO3S. The van der Waals surface area contributed by atoms with Crippen molar-refractivity contribution in [1.82, 2.24) is 4.72 Å². The van der Waals surface area contributed by atoms with Crippen LogP contribution in [0.1, 0.15) is 32.6 Å². The first-order chi connectivity index (χ1) is 9.38. The monoisotopic (exact) mass is 361 g/mol. The van der Waals surface area contributed by atoms with Crippen molar-refractivity contribution in [3.05, 3.63) is 28.7 Å². The first-order valence-electron chi connectivity index (χ1n) is 6.78. The van der Waals surface area contributed by atoms with Crippen molar-refractivity contribution in [1.29, 1.82) is 0 Å². The number of nitrogens with one attached hydrogen (secondary N) is 1. The van der Waals surface area contributed by atoms with Gasteiger partial charge in [-0.3, -0.25) is 0 Å². The number of halogens is 1. The summed E-state index contributed by atoms with van der Waals surface area (Å²) in [5.41, 5.74) is -0.722. The van der Waals surface area contributed by atoms with E-state index in [0.717, 1.165) is 12.8 Å². The third kappa shape index (κ3) is 3.42. The number of aliphatic hydroxyl groups is 1. The van der Waals surface area contributed by atoms with Crippen LogP contribution in [-0.4, -0.2) is 25.7 Å². The van der Waals surface area contributed by atoms with E-state index in [2.05, 4.69) is 27.6 Å². The van der Waals surface area contributed by atoms with E-state index in [1.807, 2.05) is 0 Å². The van der Waals surface area contributed by atoms with Gasteiger partial charge in [-0.05, 0) is 59.7 Å². The molecule has 1 aromatic rings. The summed E-state index contributed by atoms with van der Waals surface area (Å²) >= 11 is 3.26. The topological polar surface area (TPSA) is 66.4 Å². The quantitative estimate of drug-likeness (QED) is 0.866. The molecule has 4 nitrogen and oxygen atoms in total. The van der Waals surface area contributed by atoms with E-state index in [-0.39, 0.29) is 11.5 Å². The zero-order chi connectivity index (χ0) is 14.8. The molecule has 0 aromatic heterocycles. The molecule has 0 radical (unpaired) electrons. The van der Waals surface area contributed by atoms with Gasteiger partial charge in [0, 0.05) is 4.47 Å². The van der Waals surface area contributed by atoms with Crippen molar-refractivity contribution in [2.75, 3.05) is 6.61 Å². The lowest BCUT2D eigenvalue weighted by Gasteiger charge is -2.38. The van der Waals surface area contributed by atoms with E-state index >= 15 is 0 Å². The van der Waals surface area contributed by atoms with Crippen molar-refractivity contribution >= 4 is 26.0 Å². The average molecular weight is 362 g/mol. The van der Waals surface area contributed by atoms with Crippen LogP contribution in [-0.2, 0) is 10.0 Å². The first-order valence-corrected chi connectivity index (χ1v) is 9.05. The molecule has 1 saturated carbocycles. The molecule has 2 N–H and O–H groups in total. The highest BCUT2D eigenvalue weighted by Gasteiger charge is 2.38. The van der Waals surface area contributed by atoms with Crippen molar-refractivity contribution < 1.29 is 13.5 Å². The van der Waals surface area contributed by atoms with Gasteiger partial charge in [0.15, 0.2) is 0 Å². The van der Waals surface area contributed by atoms with Crippen molar-refractivity contribution in [3.8, 4) is 0 Å². The molecule has 0 unspecified atom stereocenters. The van der Waals surface area contributed by atoms with E-state index in [0.29, 0.717) is 23.2 Å². The molecule has 1 aliphatic carbocycles. The highest BCUT2D eigenvalue weighted by Crippen LogP contribution is 2.33. The number of hydrogen-bond donors (Lipinski definition) is 2. The minimum atomic E-state index is -3.64. The highest BCUT2D eigenvalue weighted by atomic mass is 79.9. The van der Waals surface area contributed by atoms with Crippen LogP contribution in [0.15, 0.2) is 33.6 Å². The third-order valence-electron chi connectivity index (χ3n) is 4.01. The molecule has 0 bridgehead atoms. The van der Waals surface area contributed by atoms with E-state index in [1.54, 1.807) is 24.3 Å². The van der Waals surface area contributed by atoms with Crippen LogP contribution in [0.5, 0.6) is 0 Å². The second-order valence-electron chi connectivity index (χ2n) is 5.66. The van der Waals surface area contributed by atoms with E-state index in [1.165, 1.54) is 0 Å².